The van der Waals surface area contributed by atoms with Crippen LogP contribution in [0.25, 0.3) is 0 Å². The maximum absolute atomic E-state index is 12.9. The fourth-order valence-corrected chi connectivity index (χ4v) is 5.29. The molecule has 1 fully saturated rings. The Kier molecular flexibility index (Phi) is 7.98. The number of nitrogens with zero attached hydrogens (tertiary/aromatic N) is 1. The second kappa shape index (κ2) is 10.7. The molecule has 32 heavy (non-hydrogen) atoms. The second-order valence-corrected chi connectivity index (χ2v) is 9.68. The number of halogens is 1. The molecule has 1 saturated heterocycles. The highest BCUT2D eigenvalue weighted by Crippen LogP contribution is 2.25. The van der Waals surface area contributed by atoms with Crippen LogP contribution >= 0.6 is 0 Å². The van der Waals surface area contributed by atoms with E-state index in [1.54, 1.807) is 12.1 Å². The number of rotatable bonds is 8. The monoisotopic (exact) mass is 462 g/mol. The molecule has 0 radical (unpaired) electrons. The number of benzene rings is 2. The minimum absolute atomic E-state index is 0.0556. The number of carbonyl (C=O) groups excluding carboxylic acids is 2. The number of ether oxygens (including phenoxy) is 1. The molecule has 3 rings (SSSR count). The Morgan fingerprint density at radius 2 is 1.78 bits per heavy atom. The number of esters is 1. The number of piperidine rings is 1. The van der Waals surface area contributed by atoms with E-state index in [-0.39, 0.29) is 22.3 Å². The number of sulfonamides is 1. The molecule has 2 aromatic carbocycles. The Morgan fingerprint density at radius 1 is 1.09 bits per heavy atom. The van der Waals surface area contributed by atoms with E-state index >= 15 is 0 Å². The Hall–Kier alpha value is -2.78. The minimum atomic E-state index is -3.62. The van der Waals surface area contributed by atoms with Crippen molar-refractivity contribution in [3.05, 3.63) is 65.5 Å². The summed E-state index contributed by atoms with van der Waals surface area (Å²) >= 11 is 0. The van der Waals surface area contributed by atoms with Crippen molar-refractivity contribution in [2.75, 3.05) is 19.7 Å². The van der Waals surface area contributed by atoms with Gasteiger partial charge in [0.1, 0.15) is 5.82 Å². The van der Waals surface area contributed by atoms with E-state index in [2.05, 4.69) is 5.32 Å². The first-order valence-corrected chi connectivity index (χ1v) is 12.0. The van der Waals surface area contributed by atoms with Gasteiger partial charge in [0.25, 0.3) is 5.91 Å². The molecule has 1 aliphatic heterocycles. The first-order chi connectivity index (χ1) is 15.3. The van der Waals surface area contributed by atoms with E-state index in [1.165, 1.54) is 40.7 Å². The molecule has 1 atom stereocenters. The third-order valence-corrected chi connectivity index (χ3v) is 7.45. The smallest absolute Gasteiger partial charge is 0.338 e. The van der Waals surface area contributed by atoms with Crippen molar-refractivity contribution in [1.82, 2.24) is 9.62 Å². The molecule has 0 aromatic heterocycles. The zero-order valence-corrected chi connectivity index (χ0v) is 18.7. The molecule has 0 bridgehead atoms. The molecule has 0 aliphatic carbocycles. The van der Waals surface area contributed by atoms with Crippen LogP contribution in [0.5, 0.6) is 0 Å². The number of carbonyl (C=O) groups is 2. The van der Waals surface area contributed by atoms with Crippen molar-refractivity contribution in [2.24, 2.45) is 0 Å². The molecule has 0 saturated carbocycles. The van der Waals surface area contributed by atoms with Gasteiger partial charge in [0.05, 0.1) is 10.5 Å². The van der Waals surface area contributed by atoms with Crippen LogP contribution in [0.1, 0.15) is 42.1 Å². The standard InChI is InChI=1S/C23H27FN2O5S/c1-17-4-2-3-15-26(17)32(29,30)21-11-7-19(8-12-21)23(28)31-16-22(27)25-14-13-18-5-9-20(24)10-6-18/h5-12,17H,2-4,13-16H2,1H3,(H,25,27). The lowest BCUT2D eigenvalue weighted by molar-refractivity contribution is -0.124. The van der Waals surface area contributed by atoms with E-state index < -0.39 is 28.5 Å². The van der Waals surface area contributed by atoms with Crippen molar-refractivity contribution < 1.29 is 27.1 Å². The van der Waals surface area contributed by atoms with Crippen LogP contribution in [0.4, 0.5) is 4.39 Å². The zero-order chi connectivity index (χ0) is 23.1. The predicted molar refractivity (Wildman–Crippen MR) is 117 cm³/mol. The molecule has 0 spiro atoms. The second-order valence-electron chi connectivity index (χ2n) is 7.79. The molecule has 9 heteroatoms. The van der Waals surface area contributed by atoms with E-state index in [0.717, 1.165) is 24.8 Å². The first-order valence-electron chi connectivity index (χ1n) is 10.6. The van der Waals surface area contributed by atoms with Crippen LogP contribution in [0.2, 0.25) is 0 Å². The average Bonchev–Trinajstić information content (AvgIpc) is 2.79. The van der Waals surface area contributed by atoms with Gasteiger partial charge < -0.3 is 10.1 Å². The van der Waals surface area contributed by atoms with Gasteiger partial charge in [0.2, 0.25) is 10.0 Å². The molecule has 1 N–H and O–H groups in total. The summed E-state index contributed by atoms with van der Waals surface area (Å²) in [7, 11) is -3.62. The van der Waals surface area contributed by atoms with Crippen molar-refractivity contribution in [3.8, 4) is 0 Å². The number of nitrogens with one attached hydrogen (secondary N) is 1. The largest absolute Gasteiger partial charge is 0.452 e. The van der Waals surface area contributed by atoms with E-state index in [9.17, 15) is 22.4 Å². The highest BCUT2D eigenvalue weighted by atomic mass is 32.2. The van der Waals surface area contributed by atoms with Gasteiger partial charge in [-0.1, -0.05) is 18.6 Å². The molecular formula is C23H27FN2O5S. The average molecular weight is 463 g/mol. The summed E-state index contributed by atoms with van der Waals surface area (Å²) in [6, 6.07) is 11.5. The van der Waals surface area contributed by atoms with Crippen molar-refractivity contribution in [2.45, 2.75) is 43.5 Å². The Bertz CT molecular complexity index is 1040. The molecule has 2 aromatic rings. The fraction of sp³-hybridized carbons (Fsp3) is 0.391. The highest BCUT2D eigenvalue weighted by Gasteiger charge is 2.31. The predicted octanol–water partition coefficient (Wildman–Crippen LogP) is 2.90. The van der Waals surface area contributed by atoms with Crippen LogP contribution in [0, 0.1) is 5.82 Å². The van der Waals surface area contributed by atoms with Crippen LogP contribution < -0.4 is 5.32 Å². The lowest BCUT2D eigenvalue weighted by Gasteiger charge is -2.32. The Morgan fingerprint density at radius 3 is 2.44 bits per heavy atom. The van der Waals surface area contributed by atoms with Crippen LogP contribution in [0.3, 0.4) is 0 Å². The molecule has 1 heterocycles. The summed E-state index contributed by atoms with van der Waals surface area (Å²) in [4.78, 5) is 24.2. The maximum Gasteiger partial charge on any atom is 0.338 e. The highest BCUT2D eigenvalue weighted by molar-refractivity contribution is 7.89. The number of hydrogen-bond acceptors (Lipinski definition) is 5. The summed E-state index contributed by atoms with van der Waals surface area (Å²) < 4.78 is 45.1. The molecule has 172 valence electrons. The molecule has 1 unspecified atom stereocenters. The van der Waals surface area contributed by atoms with Crippen LogP contribution in [-0.4, -0.2) is 50.3 Å². The van der Waals surface area contributed by atoms with Gasteiger partial charge in [0.15, 0.2) is 6.61 Å². The van der Waals surface area contributed by atoms with Gasteiger partial charge >= 0.3 is 5.97 Å². The molecular weight excluding hydrogens is 435 g/mol. The first kappa shape index (κ1) is 23.9. The summed E-state index contributed by atoms with van der Waals surface area (Å²) in [6.45, 7) is 2.26. The van der Waals surface area contributed by atoms with E-state index in [4.69, 9.17) is 4.74 Å². The van der Waals surface area contributed by atoms with Crippen LogP contribution in [-0.2, 0) is 26.0 Å². The molecule has 1 aliphatic rings. The Balaban J connectivity index is 1.48. The fourth-order valence-electron chi connectivity index (χ4n) is 3.59. The minimum Gasteiger partial charge on any atom is -0.452 e. The van der Waals surface area contributed by atoms with Crippen molar-refractivity contribution >= 4 is 21.9 Å². The van der Waals surface area contributed by atoms with Gasteiger partial charge in [-0.3, -0.25) is 4.79 Å². The third-order valence-electron chi connectivity index (χ3n) is 5.42. The third kappa shape index (κ3) is 6.14. The van der Waals surface area contributed by atoms with Crippen molar-refractivity contribution in [3.63, 3.8) is 0 Å². The van der Waals surface area contributed by atoms with E-state index in [1.807, 2.05) is 6.92 Å². The van der Waals surface area contributed by atoms with E-state index in [0.29, 0.717) is 19.5 Å². The number of amides is 1. The molecule has 7 nitrogen and oxygen atoms in total. The lowest BCUT2D eigenvalue weighted by atomic mass is 10.1. The zero-order valence-electron chi connectivity index (χ0n) is 17.9. The summed E-state index contributed by atoms with van der Waals surface area (Å²) in [5, 5.41) is 2.63. The van der Waals surface area contributed by atoms with Gasteiger partial charge in [-0.15, -0.1) is 0 Å². The number of hydrogen-bond donors (Lipinski definition) is 1. The Labute approximate surface area is 187 Å². The normalized spacial score (nSPS) is 17.0. The molecule has 1 amide bonds. The van der Waals surface area contributed by atoms with Gasteiger partial charge in [-0.25, -0.2) is 17.6 Å². The maximum atomic E-state index is 12.9. The van der Waals surface area contributed by atoms with Crippen LogP contribution in [0.15, 0.2) is 53.4 Å². The summed E-state index contributed by atoms with van der Waals surface area (Å²) in [6.07, 6.45) is 3.19. The van der Waals surface area contributed by atoms with Gasteiger partial charge in [0, 0.05) is 19.1 Å². The topological polar surface area (TPSA) is 92.8 Å². The quantitative estimate of drug-likeness (QED) is 0.609. The van der Waals surface area contributed by atoms with Gasteiger partial charge in [-0.05, 0) is 68.1 Å². The van der Waals surface area contributed by atoms with Gasteiger partial charge in [-0.2, -0.15) is 4.31 Å². The summed E-state index contributed by atoms with van der Waals surface area (Å²) in [5.41, 5.74) is 1.03. The SMILES string of the molecule is CC1CCCCN1S(=O)(=O)c1ccc(C(=O)OCC(=O)NCCc2ccc(F)cc2)cc1. The van der Waals surface area contributed by atoms with Crippen molar-refractivity contribution in [1.29, 1.82) is 0 Å². The lowest BCUT2D eigenvalue weighted by Crippen LogP contribution is -2.41. The summed E-state index contributed by atoms with van der Waals surface area (Å²) in [5.74, 6) is -1.50.